The highest BCUT2D eigenvalue weighted by atomic mass is 19.2. The van der Waals surface area contributed by atoms with Gasteiger partial charge in [0.05, 0.1) is 28.4 Å². The summed E-state index contributed by atoms with van der Waals surface area (Å²) in [5.74, 6) is -3.32. The maximum Gasteiger partial charge on any atom is 0.342 e. The van der Waals surface area contributed by atoms with Crippen LogP contribution in [0.1, 0.15) is 49.3 Å². The van der Waals surface area contributed by atoms with Crippen molar-refractivity contribution in [1.82, 2.24) is 14.9 Å². The van der Waals surface area contributed by atoms with Crippen molar-refractivity contribution in [1.29, 1.82) is 0 Å². The fraction of sp³-hybridized carbons (Fsp3) is 0.292. The van der Waals surface area contributed by atoms with Gasteiger partial charge in [0.2, 0.25) is 0 Å². The molecule has 0 fully saturated rings. The van der Waals surface area contributed by atoms with Crippen molar-refractivity contribution in [3.05, 3.63) is 71.2 Å². The molecule has 1 aromatic carbocycles. The largest absolute Gasteiger partial charge is 0.459 e. The first-order valence-electron chi connectivity index (χ1n) is 10.2. The van der Waals surface area contributed by atoms with Crippen LogP contribution in [0.25, 0.3) is 16.6 Å². The van der Waals surface area contributed by atoms with Crippen LogP contribution in [0, 0.1) is 11.6 Å². The molecule has 3 heterocycles. The highest BCUT2D eigenvalue weighted by Crippen LogP contribution is 2.39. The first-order chi connectivity index (χ1) is 15.1. The van der Waals surface area contributed by atoms with Gasteiger partial charge in [-0.3, -0.25) is 9.78 Å². The summed E-state index contributed by atoms with van der Waals surface area (Å²) in [6.07, 6.45) is 2.70. The van der Waals surface area contributed by atoms with Crippen LogP contribution in [0.5, 0.6) is 0 Å². The molecular weight excluding hydrogens is 416 g/mol. The molecule has 32 heavy (non-hydrogen) atoms. The maximum absolute atomic E-state index is 13.8. The van der Waals surface area contributed by atoms with Gasteiger partial charge in [-0.25, -0.2) is 13.6 Å². The van der Waals surface area contributed by atoms with Crippen molar-refractivity contribution in [2.45, 2.75) is 39.2 Å². The lowest BCUT2D eigenvalue weighted by Crippen LogP contribution is -2.37. The molecule has 1 N–H and O–H groups in total. The number of nitrogens with one attached hydrogen (secondary N) is 1. The van der Waals surface area contributed by atoms with Crippen LogP contribution >= 0.6 is 0 Å². The molecule has 1 amide bonds. The molecule has 166 valence electrons. The van der Waals surface area contributed by atoms with Gasteiger partial charge in [0.15, 0.2) is 11.6 Å². The smallest absolute Gasteiger partial charge is 0.342 e. The van der Waals surface area contributed by atoms with Crippen LogP contribution in [0.3, 0.4) is 0 Å². The summed E-state index contributed by atoms with van der Waals surface area (Å²) in [7, 11) is 0. The van der Waals surface area contributed by atoms with E-state index in [-0.39, 0.29) is 23.8 Å². The van der Waals surface area contributed by atoms with Gasteiger partial charge in [-0.05, 0) is 44.2 Å². The fourth-order valence-corrected chi connectivity index (χ4v) is 4.01. The molecule has 0 saturated carbocycles. The normalized spacial score (nSPS) is 15.3. The first kappa shape index (κ1) is 21.7. The number of rotatable bonds is 3. The lowest BCUT2D eigenvalue weighted by atomic mass is 9.83. The summed E-state index contributed by atoms with van der Waals surface area (Å²) >= 11 is 0. The molecule has 0 aliphatic carbocycles. The van der Waals surface area contributed by atoms with E-state index in [4.69, 9.17) is 4.74 Å². The van der Waals surface area contributed by atoms with Gasteiger partial charge in [0.25, 0.3) is 5.91 Å². The van der Waals surface area contributed by atoms with E-state index in [2.05, 4.69) is 9.97 Å². The Balaban J connectivity index is 1.89. The molecule has 0 unspecified atom stereocenters. The number of amides is 1. The van der Waals surface area contributed by atoms with Crippen molar-refractivity contribution in [3.63, 3.8) is 0 Å². The molecule has 0 atom stereocenters. The van der Waals surface area contributed by atoms with Crippen LogP contribution in [-0.4, -0.2) is 39.4 Å². The van der Waals surface area contributed by atoms with E-state index in [1.54, 1.807) is 26.1 Å². The predicted molar refractivity (Wildman–Crippen MR) is 116 cm³/mol. The second kappa shape index (κ2) is 7.85. The minimum absolute atomic E-state index is 0.0268. The lowest BCUT2D eigenvalue weighted by molar-refractivity contribution is -0.140. The Labute approximate surface area is 183 Å². The van der Waals surface area contributed by atoms with Crippen molar-refractivity contribution >= 4 is 28.5 Å². The summed E-state index contributed by atoms with van der Waals surface area (Å²) < 4.78 is 32.6. The molecule has 3 aromatic rings. The Morgan fingerprint density at radius 3 is 2.62 bits per heavy atom. The average molecular weight is 439 g/mol. The maximum atomic E-state index is 13.8. The zero-order valence-corrected chi connectivity index (χ0v) is 18.2. The third-order valence-corrected chi connectivity index (χ3v) is 5.34. The minimum atomic E-state index is -1.12. The summed E-state index contributed by atoms with van der Waals surface area (Å²) in [4.78, 5) is 35.4. The number of benzene rings is 1. The van der Waals surface area contributed by atoms with Crippen molar-refractivity contribution < 1.29 is 23.1 Å². The highest BCUT2D eigenvalue weighted by molar-refractivity contribution is 6.18. The number of ether oxygens (including phenoxy) is 1. The van der Waals surface area contributed by atoms with Gasteiger partial charge in [0.1, 0.15) is 0 Å². The number of carbonyl (C=O) groups excluding carboxylic acids is 2. The first-order valence-corrected chi connectivity index (χ1v) is 10.2. The SMILES string of the molecule is CC(C)OC(=O)C1=CN(C(=O)c2ccc(F)c(F)c2)CC(C)(C)c2c1[nH]c1cccnc21. The molecular formula is C24H23F2N3O3. The van der Waals surface area contributed by atoms with Gasteiger partial charge in [-0.15, -0.1) is 0 Å². The molecule has 1 aliphatic heterocycles. The minimum Gasteiger partial charge on any atom is -0.459 e. The Hall–Kier alpha value is -3.55. The van der Waals surface area contributed by atoms with Crippen molar-refractivity contribution in [3.8, 4) is 0 Å². The van der Waals surface area contributed by atoms with E-state index in [1.165, 1.54) is 17.2 Å². The molecule has 4 rings (SSSR count). The van der Waals surface area contributed by atoms with Gasteiger partial charge in [-0.1, -0.05) is 13.8 Å². The van der Waals surface area contributed by atoms with Crippen LogP contribution in [-0.2, 0) is 14.9 Å². The number of nitrogens with zero attached hydrogens (tertiary/aromatic N) is 2. The molecule has 0 bridgehead atoms. The Bertz CT molecular complexity index is 1260. The van der Waals surface area contributed by atoms with Crippen molar-refractivity contribution in [2.24, 2.45) is 0 Å². The van der Waals surface area contributed by atoms with Crippen molar-refractivity contribution in [2.75, 3.05) is 6.54 Å². The Kier molecular flexibility index (Phi) is 5.32. The number of fused-ring (bicyclic) bond motifs is 3. The molecule has 0 spiro atoms. The van der Waals surface area contributed by atoms with E-state index < -0.39 is 28.9 Å². The molecule has 1 aliphatic rings. The number of hydrogen-bond acceptors (Lipinski definition) is 4. The van der Waals surface area contributed by atoms with Gasteiger partial charge < -0.3 is 14.6 Å². The van der Waals surface area contributed by atoms with Crippen LogP contribution in [0.2, 0.25) is 0 Å². The average Bonchev–Trinajstić information content (AvgIpc) is 3.06. The van der Waals surface area contributed by atoms with E-state index in [0.717, 1.165) is 23.2 Å². The molecule has 0 saturated heterocycles. The Morgan fingerprint density at radius 2 is 1.94 bits per heavy atom. The zero-order valence-electron chi connectivity index (χ0n) is 18.2. The molecule has 6 nitrogen and oxygen atoms in total. The van der Waals surface area contributed by atoms with E-state index in [0.29, 0.717) is 11.2 Å². The van der Waals surface area contributed by atoms with Crippen LogP contribution in [0.15, 0.2) is 42.7 Å². The third kappa shape index (κ3) is 3.77. The second-order valence-electron chi connectivity index (χ2n) is 8.72. The predicted octanol–water partition coefficient (Wildman–Crippen LogP) is 4.57. The number of halogens is 2. The number of carbonyl (C=O) groups is 2. The molecule has 0 radical (unpaired) electrons. The number of aromatic nitrogens is 2. The van der Waals surface area contributed by atoms with Crippen LogP contribution in [0.4, 0.5) is 8.78 Å². The number of pyridine rings is 1. The summed E-state index contributed by atoms with van der Waals surface area (Å²) in [5, 5.41) is 0. The second-order valence-corrected chi connectivity index (χ2v) is 8.72. The summed E-state index contributed by atoms with van der Waals surface area (Å²) in [5.41, 5.74) is 2.25. The third-order valence-electron chi connectivity index (χ3n) is 5.34. The number of hydrogen-bond donors (Lipinski definition) is 1. The van der Waals surface area contributed by atoms with Gasteiger partial charge in [0, 0.05) is 35.5 Å². The molecule has 8 heteroatoms. The van der Waals surface area contributed by atoms with E-state index in [1.807, 2.05) is 19.9 Å². The summed E-state index contributed by atoms with van der Waals surface area (Å²) in [6.45, 7) is 7.52. The summed E-state index contributed by atoms with van der Waals surface area (Å²) in [6, 6.07) is 6.63. The quantitative estimate of drug-likeness (QED) is 0.607. The zero-order chi connectivity index (χ0) is 23.2. The standard InChI is InChI=1S/C24H23F2N3O3/c1-13(2)32-23(31)15-11-29(22(30)14-7-8-16(25)17(26)10-14)12-24(3,4)19-20(15)28-18-6-5-9-27-21(18)19/h5-11,13,28H,12H2,1-4H3. The van der Waals surface area contributed by atoms with Gasteiger partial charge >= 0.3 is 5.97 Å². The topological polar surface area (TPSA) is 75.3 Å². The number of esters is 1. The Morgan fingerprint density at radius 1 is 1.19 bits per heavy atom. The number of aromatic amines is 1. The van der Waals surface area contributed by atoms with E-state index >= 15 is 0 Å². The highest BCUT2D eigenvalue weighted by Gasteiger charge is 2.38. The van der Waals surface area contributed by atoms with Gasteiger partial charge in [-0.2, -0.15) is 0 Å². The lowest BCUT2D eigenvalue weighted by Gasteiger charge is -2.29. The molecule has 2 aromatic heterocycles. The van der Waals surface area contributed by atoms with Crippen LogP contribution < -0.4 is 0 Å². The monoisotopic (exact) mass is 439 g/mol. The van der Waals surface area contributed by atoms with E-state index in [9.17, 15) is 18.4 Å². The fourth-order valence-electron chi connectivity index (χ4n) is 4.01. The number of H-pyrrole nitrogens is 1.